The van der Waals surface area contributed by atoms with Crippen molar-refractivity contribution in [3.8, 4) is 0 Å². The maximum Gasteiger partial charge on any atom is 0.336 e. The van der Waals surface area contributed by atoms with Gasteiger partial charge in [-0.1, -0.05) is 42.5 Å². The Hall–Kier alpha value is -2.99. The zero-order valence-corrected chi connectivity index (χ0v) is 17.1. The van der Waals surface area contributed by atoms with E-state index in [0.717, 1.165) is 17.7 Å². The normalized spacial score (nSPS) is 16.6. The first-order chi connectivity index (χ1) is 14.3. The fraction of sp³-hybridized carbons (Fsp3) is 0.217. The molecule has 1 atom stereocenters. The zero-order chi connectivity index (χ0) is 21.8. The van der Waals surface area contributed by atoms with Crippen molar-refractivity contribution in [2.75, 3.05) is 6.61 Å². The number of hydrogen-bond donors (Lipinski definition) is 0. The standard InChI is InChI=1S/C23H20ClF2NO3/c1-3-10-30-23(29)22-14(2)27(13-15-4-9-19(25)20(26)11-15)21(28)12-18(22)16-5-7-17(24)8-6-16/h3-9,11,18H,1,10,12-13H2,2H3/t18-/m1/s1. The van der Waals surface area contributed by atoms with Gasteiger partial charge in [0.2, 0.25) is 5.91 Å². The average molecular weight is 432 g/mol. The van der Waals surface area contributed by atoms with Gasteiger partial charge < -0.3 is 9.64 Å². The summed E-state index contributed by atoms with van der Waals surface area (Å²) in [6, 6.07) is 10.4. The summed E-state index contributed by atoms with van der Waals surface area (Å²) in [7, 11) is 0. The van der Waals surface area contributed by atoms with Crippen molar-refractivity contribution in [1.29, 1.82) is 0 Å². The van der Waals surface area contributed by atoms with Gasteiger partial charge in [0.15, 0.2) is 11.6 Å². The number of hydrogen-bond acceptors (Lipinski definition) is 3. The second-order valence-electron chi connectivity index (χ2n) is 6.92. The van der Waals surface area contributed by atoms with Crippen LogP contribution in [0.4, 0.5) is 8.78 Å². The largest absolute Gasteiger partial charge is 0.458 e. The number of rotatable bonds is 6. The van der Waals surface area contributed by atoms with Crippen molar-refractivity contribution in [1.82, 2.24) is 4.90 Å². The topological polar surface area (TPSA) is 46.6 Å². The zero-order valence-electron chi connectivity index (χ0n) is 16.3. The van der Waals surface area contributed by atoms with Crippen LogP contribution in [0.15, 0.2) is 66.4 Å². The molecule has 0 aliphatic carbocycles. The highest BCUT2D eigenvalue weighted by atomic mass is 35.5. The van der Waals surface area contributed by atoms with Gasteiger partial charge >= 0.3 is 5.97 Å². The third-order valence-corrected chi connectivity index (χ3v) is 5.22. The number of amides is 1. The van der Waals surface area contributed by atoms with Crippen LogP contribution in [-0.4, -0.2) is 23.4 Å². The first-order valence-electron chi connectivity index (χ1n) is 9.30. The Morgan fingerprint density at radius 3 is 2.57 bits per heavy atom. The van der Waals surface area contributed by atoms with Crippen LogP contribution in [-0.2, 0) is 20.9 Å². The van der Waals surface area contributed by atoms with Crippen molar-refractivity contribution < 1.29 is 23.1 Å². The SMILES string of the molecule is C=CCOC(=O)C1=C(C)N(Cc2ccc(F)c(F)c2)C(=O)C[C@@H]1c1ccc(Cl)cc1. The molecule has 1 heterocycles. The van der Waals surface area contributed by atoms with E-state index < -0.39 is 23.5 Å². The van der Waals surface area contributed by atoms with E-state index in [4.69, 9.17) is 16.3 Å². The van der Waals surface area contributed by atoms with Gasteiger partial charge in [0, 0.05) is 23.1 Å². The fourth-order valence-electron chi connectivity index (χ4n) is 3.48. The quantitative estimate of drug-likeness (QED) is 0.470. The molecule has 1 amide bonds. The molecule has 1 aliphatic heterocycles. The first kappa shape index (κ1) is 21.7. The minimum atomic E-state index is -0.997. The third kappa shape index (κ3) is 4.60. The third-order valence-electron chi connectivity index (χ3n) is 4.97. The van der Waals surface area contributed by atoms with Gasteiger partial charge in [0.05, 0.1) is 12.1 Å². The number of allylic oxidation sites excluding steroid dienone is 1. The number of nitrogens with zero attached hydrogens (tertiary/aromatic N) is 1. The van der Waals surface area contributed by atoms with E-state index in [-0.39, 0.29) is 25.5 Å². The Labute approximate surface area is 178 Å². The van der Waals surface area contributed by atoms with Crippen LogP contribution in [0.25, 0.3) is 0 Å². The molecule has 30 heavy (non-hydrogen) atoms. The molecule has 7 heteroatoms. The molecule has 0 spiro atoms. The van der Waals surface area contributed by atoms with Crippen molar-refractivity contribution >= 4 is 23.5 Å². The van der Waals surface area contributed by atoms with Gasteiger partial charge in [-0.3, -0.25) is 4.79 Å². The van der Waals surface area contributed by atoms with Crippen LogP contribution < -0.4 is 0 Å². The lowest BCUT2D eigenvalue weighted by Crippen LogP contribution is -2.38. The lowest BCUT2D eigenvalue weighted by molar-refractivity contribution is -0.139. The summed E-state index contributed by atoms with van der Waals surface area (Å²) < 4.78 is 32.1. The molecule has 0 bridgehead atoms. The molecule has 3 rings (SSSR count). The fourth-order valence-corrected chi connectivity index (χ4v) is 3.61. The van der Waals surface area contributed by atoms with E-state index in [1.807, 2.05) is 0 Å². The average Bonchev–Trinajstić information content (AvgIpc) is 2.72. The highest BCUT2D eigenvalue weighted by Gasteiger charge is 2.37. The van der Waals surface area contributed by atoms with Crippen LogP contribution in [0, 0.1) is 11.6 Å². The molecule has 0 saturated carbocycles. The van der Waals surface area contributed by atoms with Crippen molar-refractivity contribution in [3.05, 3.63) is 94.2 Å². The van der Waals surface area contributed by atoms with Crippen LogP contribution in [0.3, 0.4) is 0 Å². The smallest absolute Gasteiger partial charge is 0.336 e. The second-order valence-corrected chi connectivity index (χ2v) is 7.36. The molecule has 2 aromatic rings. The summed E-state index contributed by atoms with van der Waals surface area (Å²) in [5, 5.41) is 0.539. The van der Waals surface area contributed by atoms with E-state index in [1.54, 1.807) is 31.2 Å². The molecule has 2 aromatic carbocycles. The summed E-state index contributed by atoms with van der Waals surface area (Å²) in [5.41, 5.74) is 1.90. The van der Waals surface area contributed by atoms with Crippen LogP contribution in [0.2, 0.25) is 5.02 Å². The molecule has 0 aromatic heterocycles. The molecular formula is C23H20ClF2NO3. The maximum absolute atomic E-state index is 13.6. The van der Waals surface area contributed by atoms with Gasteiger partial charge in [0.25, 0.3) is 0 Å². The molecule has 4 nitrogen and oxygen atoms in total. The predicted octanol–water partition coefficient (Wildman–Crippen LogP) is 5.14. The summed E-state index contributed by atoms with van der Waals surface area (Å²) in [6.45, 7) is 5.22. The summed E-state index contributed by atoms with van der Waals surface area (Å²) in [4.78, 5) is 27.1. The Bertz CT molecular complexity index is 1020. The summed E-state index contributed by atoms with van der Waals surface area (Å²) in [5.74, 6) is -3.27. The molecule has 0 radical (unpaired) electrons. The number of ether oxygens (including phenoxy) is 1. The monoisotopic (exact) mass is 431 g/mol. The maximum atomic E-state index is 13.6. The first-order valence-corrected chi connectivity index (χ1v) is 9.68. The van der Waals surface area contributed by atoms with Gasteiger partial charge in [-0.25, -0.2) is 13.6 Å². The molecule has 0 N–H and O–H groups in total. The van der Waals surface area contributed by atoms with Crippen LogP contribution in [0.5, 0.6) is 0 Å². The van der Waals surface area contributed by atoms with Crippen molar-refractivity contribution in [3.63, 3.8) is 0 Å². The molecule has 156 valence electrons. The van der Waals surface area contributed by atoms with E-state index in [2.05, 4.69) is 6.58 Å². The lowest BCUT2D eigenvalue weighted by atomic mass is 9.83. The highest BCUT2D eigenvalue weighted by molar-refractivity contribution is 6.30. The van der Waals surface area contributed by atoms with E-state index in [1.165, 1.54) is 17.0 Å². The van der Waals surface area contributed by atoms with Gasteiger partial charge in [-0.15, -0.1) is 0 Å². The summed E-state index contributed by atoms with van der Waals surface area (Å²) >= 11 is 5.97. The molecule has 1 aliphatic rings. The van der Waals surface area contributed by atoms with E-state index in [0.29, 0.717) is 21.9 Å². The van der Waals surface area contributed by atoms with Crippen molar-refractivity contribution in [2.24, 2.45) is 0 Å². The molecular weight excluding hydrogens is 412 g/mol. The number of carbonyl (C=O) groups excluding carboxylic acids is 2. The Morgan fingerprint density at radius 1 is 1.23 bits per heavy atom. The minimum Gasteiger partial charge on any atom is -0.458 e. The Balaban J connectivity index is 2.01. The number of benzene rings is 2. The number of halogens is 3. The van der Waals surface area contributed by atoms with Crippen LogP contribution >= 0.6 is 11.6 Å². The minimum absolute atomic E-state index is 0.00738. The van der Waals surface area contributed by atoms with Crippen LogP contribution in [0.1, 0.15) is 30.4 Å². The van der Waals surface area contributed by atoms with E-state index >= 15 is 0 Å². The predicted molar refractivity (Wildman–Crippen MR) is 110 cm³/mol. The highest BCUT2D eigenvalue weighted by Crippen LogP contribution is 2.38. The van der Waals surface area contributed by atoms with Gasteiger partial charge in [-0.2, -0.15) is 0 Å². The van der Waals surface area contributed by atoms with E-state index in [9.17, 15) is 18.4 Å². The number of carbonyl (C=O) groups is 2. The molecule has 0 unspecified atom stereocenters. The van der Waals surface area contributed by atoms with Gasteiger partial charge in [0.1, 0.15) is 6.61 Å². The van der Waals surface area contributed by atoms with Crippen molar-refractivity contribution in [2.45, 2.75) is 25.8 Å². The lowest BCUT2D eigenvalue weighted by Gasteiger charge is -2.34. The molecule has 0 fully saturated rings. The summed E-state index contributed by atoms with van der Waals surface area (Å²) in [6.07, 6.45) is 1.49. The Morgan fingerprint density at radius 2 is 1.93 bits per heavy atom. The number of esters is 1. The second kappa shape index (κ2) is 9.22. The molecule has 0 saturated heterocycles. The Kier molecular flexibility index (Phi) is 6.67. The van der Waals surface area contributed by atoms with Gasteiger partial charge in [-0.05, 0) is 42.3 Å².